The smallest absolute Gasteiger partial charge is 0.254 e. The fourth-order valence-corrected chi connectivity index (χ4v) is 3.92. The number of nitrogens with zero attached hydrogens (tertiary/aromatic N) is 1. The molecule has 3 rings (SSSR count). The first kappa shape index (κ1) is 18.5. The number of amides is 2. The van der Waals surface area contributed by atoms with Crippen molar-refractivity contribution in [3.8, 4) is 0 Å². The lowest BCUT2D eigenvalue weighted by molar-refractivity contribution is -0.120. The third-order valence-electron chi connectivity index (χ3n) is 5.44. The number of rotatable bonds is 4. The monoisotopic (exact) mass is 353 g/mol. The summed E-state index contributed by atoms with van der Waals surface area (Å²) in [6, 6.07) is 5.96. The number of aliphatic imine (C=N–C) groups is 1. The summed E-state index contributed by atoms with van der Waals surface area (Å²) in [7, 11) is 0. The van der Waals surface area contributed by atoms with Gasteiger partial charge in [0.05, 0.1) is 5.92 Å². The van der Waals surface area contributed by atoms with Gasteiger partial charge in [-0.1, -0.05) is 17.7 Å². The number of hydrogen-bond donors (Lipinski definition) is 2. The Bertz CT molecular complexity index is 773. The quantitative estimate of drug-likeness (QED) is 0.874. The van der Waals surface area contributed by atoms with E-state index in [0.29, 0.717) is 11.5 Å². The summed E-state index contributed by atoms with van der Waals surface area (Å²) in [6.45, 7) is 8.08. The molecule has 2 aliphatic heterocycles. The molecule has 2 heterocycles. The van der Waals surface area contributed by atoms with Crippen molar-refractivity contribution in [2.45, 2.75) is 39.5 Å². The first-order valence-corrected chi connectivity index (χ1v) is 9.33. The maximum absolute atomic E-state index is 12.7. The molecule has 2 aliphatic rings. The molecule has 0 radical (unpaired) electrons. The lowest BCUT2D eigenvalue weighted by atomic mass is 9.85. The fourth-order valence-electron chi connectivity index (χ4n) is 3.92. The summed E-state index contributed by atoms with van der Waals surface area (Å²) >= 11 is 0. The molecule has 1 aromatic carbocycles. The molecule has 1 atom stereocenters. The van der Waals surface area contributed by atoms with E-state index in [9.17, 15) is 9.59 Å². The van der Waals surface area contributed by atoms with Gasteiger partial charge in [0.25, 0.3) is 11.8 Å². The Labute approximate surface area is 155 Å². The van der Waals surface area contributed by atoms with Crippen molar-refractivity contribution in [2.75, 3.05) is 19.6 Å². The summed E-state index contributed by atoms with van der Waals surface area (Å²) in [6.07, 6.45) is 4.11. The Morgan fingerprint density at radius 1 is 1.23 bits per heavy atom. The van der Waals surface area contributed by atoms with E-state index in [1.165, 1.54) is 5.56 Å². The summed E-state index contributed by atoms with van der Waals surface area (Å²) in [4.78, 5) is 28.8. The molecule has 1 saturated heterocycles. The molecule has 5 heteroatoms. The third-order valence-corrected chi connectivity index (χ3v) is 5.44. The molecule has 0 bridgehead atoms. The average molecular weight is 353 g/mol. The van der Waals surface area contributed by atoms with Crippen LogP contribution in [0.5, 0.6) is 0 Å². The van der Waals surface area contributed by atoms with Crippen LogP contribution in [0.25, 0.3) is 0 Å². The molecule has 26 heavy (non-hydrogen) atoms. The van der Waals surface area contributed by atoms with Crippen LogP contribution in [-0.2, 0) is 4.79 Å². The van der Waals surface area contributed by atoms with Gasteiger partial charge in [0.2, 0.25) is 0 Å². The van der Waals surface area contributed by atoms with E-state index in [0.717, 1.165) is 42.8 Å². The summed E-state index contributed by atoms with van der Waals surface area (Å²) < 4.78 is 0. The number of carbonyl (C=O) groups excluding carboxylic acids is 2. The zero-order chi connectivity index (χ0) is 18.7. The normalized spacial score (nSPS) is 21.2. The predicted molar refractivity (Wildman–Crippen MR) is 104 cm³/mol. The second-order valence-corrected chi connectivity index (χ2v) is 7.29. The van der Waals surface area contributed by atoms with E-state index in [2.05, 4.69) is 21.7 Å². The van der Waals surface area contributed by atoms with Crippen LogP contribution < -0.4 is 10.6 Å². The van der Waals surface area contributed by atoms with Gasteiger partial charge in [0, 0.05) is 17.8 Å². The Morgan fingerprint density at radius 2 is 1.96 bits per heavy atom. The van der Waals surface area contributed by atoms with Gasteiger partial charge in [0.15, 0.2) is 0 Å². The number of nitrogens with one attached hydrogen (secondary N) is 2. The number of hydrogen-bond acceptors (Lipinski definition) is 3. The molecule has 1 unspecified atom stereocenters. The Kier molecular flexibility index (Phi) is 5.67. The van der Waals surface area contributed by atoms with Gasteiger partial charge in [-0.2, -0.15) is 0 Å². The van der Waals surface area contributed by atoms with Crippen LogP contribution >= 0.6 is 0 Å². The minimum Gasteiger partial charge on any atom is -0.351 e. The van der Waals surface area contributed by atoms with E-state index in [1.807, 2.05) is 39.0 Å². The van der Waals surface area contributed by atoms with Gasteiger partial charge in [-0.05, 0) is 75.9 Å². The number of carbonyl (C=O) groups is 2. The largest absolute Gasteiger partial charge is 0.351 e. The first-order chi connectivity index (χ1) is 12.5. The van der Waals surface area contributed by atoms with Crippen molar-refractivity contribution in [3.05, 3.63) is 46.5 Å². The molecule has 1 aromatic rings. The van der Waals surface area contributed by atoms with Crippen molar-refractivity contribution in [3.63, 3.8) is 0 Å². The second-order valence-electron chi connectivity index (χ2n) is 7.29. The molecule has 0 saturated carbocycles. The van der Waals surface area contributed by atoms with Crippen LogP contribution in [0, 0.1) is 12.8 Å². The fraction of sp³-hybridized carbons (Fsp3) is 0.476. The first-order valence-electron chi connectivity index (χ1n) is 9.33. The van der Waals surface area contributed by atoms with Gasteiger partial charge in [-0.25, -0.2) is 4.99 Å². The van der Waals surface area contributed by atoms with Crippen molar-refractivity contribution < 1.29 is 9.59 Å². The van der Waals surface area contributed by atoms with Gasteiger partial charge < -0.3 is 10.6 Å². The highest BCUT2D eigenvalue weighted by atomic mass is 16.2. The van der Waals surface area contributed by atoms with E-state index >= 15 is 0 Å². The van der Waals surface area contributed by atoms with Crippen molar-refractivity contribution in [1.82, 2.24) is 10.6 Å². The molecular formula is C21H27N3O2. The van der Waals surface area contributed by atoms with Crippen LogP contribution in [0.1, 0.15) is 54.1 Å². The number of allylic oxidation sites excluding steroid dienone is 1. The second kappa shape index (κ2) is 7.96. The van der Waals surface area contributed by atoms with Gasteiger partial charge >= 0.3 is 0 Å². The summed E-state index contributed by atoms with van der Waals surface area (Å²) in [5.74, 6) is -0.157. The van der Waals surface area contributed by atoms with E-state index < -0.39 is 0 Å². The summed E-state index contributed by atoms with van der Waals surface area (Å²) in [5, 5.41) is 6.32. The van der Waals surface area contributed by atoms with Crippen molar-refractivity contribution >= 4 is 17.5 Å². The van der Waals surface area contributed by atoms with Crippen molar-refractivity contribution in [1.29, 1.82) is 0 Å². The molecule has 5 nitrogen and oxygen atoms in total. The van der Waals surface area contributed by atoms with E-state index in [1.54, 1.807) is 0 Å². The van der Waals surface area contributed by atoms with Crippen LogP contribution in [0.4, 0.5) is 0 Å². The Balaban J connectivity index is 1.70. The molecule has 0 spiro atoms. The number of benzene rings is 1. The standard InChI is InChI=1S/C21H27N3O2/c1-13-11-14(2)24-21(26)19(13)12-23-20(25)18-6-4-5-17(15(18)3)16-7-9-22-10-8-16/h4-6,11,16,19,22H,7-10,12H2,1-3H3,(H,23,25). The predicted octanol–water partition coefficient (Wildman–Crippen LogP) is 2.76. The molecule has 0 aromatic heterocycles. The number of dihydropyridines is 1. The Morgan fingerprint density at radius 3 is 2.65 bits per heavy atom. The van der Waals surface area contributed by atoms with Crippen LogP contribution in [0.15, 0.2) is 34.8 Å². The maximum atomic E-state index is 12.7. The van der Waals surface area contributed by atoms with Gasteiger partial charge in [0.1, 0.15) is 0 Å². The SMILES string of the molecule is CC1=CC(C)=NC(=O)C1CNC(=O)c1cccc(C2CCNCC2)c1C. The Hall–Kier alpha value is -2.27. The van der Waals surface area contributed by atoms with Crippen LogP contribution in [0.2, 0.25) is 0 Å². The molecule has 138 valence electrons. The third kappa shape index (κ3) is 3.93. The lowest BCUT2D eigenvalue weighted by Gasteiger charge is -2.25. The summed E-state index contributed by atoms with van der Waals surface area (Å²) in [5.41, 5.74) is 4.69. The van der Waals surface area contributed by atoms with E-state index in [-0.39, 0.29) is 24.3 Å². The molecule has 1 fully saturated rings. The van der Waals surface area contributed by atoms with Crippen molar-refractivity contribution in [2.24, 2.45) is 10.9 Å². The molecule has 2 N–H and O–H groups in total. The van der Waals surface area contributed by atoms with Crippen LogP contribution in [-0.4, -0.2) is 37.2 Å². The highest BCUT2D eigenvalue weighted by molar-refractivity contribution is 6.06. The molecule has 2 amide bonds. The van der Waals surface area contributed by atoms with E-state index in [4.69, 9.17) is 0 Å². The highest BCUT2D eigenvalue weighted by Crippen LogP contribution is 2.29. The molecule has 0 aliphatic carbocycles. The van der Waals surface area contributed by atoms with Crippen LogP contribution in [0.3, 0.4) is 0 Å². The van der Waals surface area contributed by atoms with Gasteiger partial charge in [-0.3, -0.25) is 9.59 Å². The minimum absolute atomic E-state index is 0.120. The topological polar surface area (TPSA) is 70.6 Å². The number of piperidine rings is 1. The average Bonchev–Trinajstić information content (AvgIpc) is 2.61. The lowest BCUT2D eigenvalue weighted by Crippen LogP contribution is -2.35. The molecular weight excluding hydrogens is 326 g/mol. The maximum Gasteiger partial charge on any atom is 0.254 e. The van der Waals surface area contributed by atoms with Gasteiger partial charge in [-0.15, -0.1) is 0 Å². The highest BCUT2D eigenvalue weighted by Gasteiger charge is 2.25. The zero-order valence-corrected chi connectivity index (χ0v) is 15.8. The zero-order valence-electron chi connectivity index (χ0n) is 15.8. The minimum atomic E-state index is -0.365.